The molecule has 2 saturated heterocycles. The molecular weight excluding hydrogens is 286 g/mol. The van der Waals surface area contributed by atoms with Gasteiger partial charge in [-0.05, 0) is 31.0 Å². The summed E-state index contributed by atoms with van der Waals surface area (Å²) >= 11 is 0. The molecule has 6 heteroatoms. The molecule has 0 saturated carbocycles. The van der Waals surface area contributed by atoms with Crippen LogP contribution in [-0.2, 0) is 10.0 Å². The van der Waals surface area contributed by atoms with Gasteiger partial charge in [0, 0.05) is 42.3 Å². The summed E-state index contributed by atoms with van der Waals surface area (Å²) in [7, 11) is -3.44. The Balaban J connectivity index is 1.77. The second-order valence-electron chi connectivity index (χ2n) is 5.78. The molecule has 21 heavy (non-hydrogen) atoms. The maximum absolute atomic E-state index is 13.0. The summed E-state index contributed by atoms with van der Waals surface area (Å²) in [5.74, 6) is 0.455. The molecule has 2 aliphatic heterocycles. The SMILES string of the molecule is O=S(=O)(c1cccc2cnccc12)N1CC2CCN[C@@H]2C1. The van der Waals surface area contributed by atoms with Gasteiger partial charge in [-0.15, -0.1) is 0 Å². The summed E-state index contributed by atoms with van der Waals surface area (Å²) in [6.07, 6.45) is 4.41. The third-order valence-corrected chi connectivity index (χ3v) is 6.48. The molecule has 1 aromatic carbocycles. The highest BCUT2D eigenvalue weighted by Gasteiger charge is 2.41. The lowest BCUT2D eigenvalue weighted by molar-refractivity contribution is 0.449. The van der Waals surface area contributed by atoms with Crippen LogP contribution in [0, 0.1) is 5.92 Å². The maximum Gasteiger partial charge on any atom is 0.243 e. The van der Waals surface area contributed by atoms with Gasteiger partial charge >= 0.3 is 0 Å². The highest BCUT2D eigenvalue weighted by molar-refractivity contribution is 7.89. The van der Waals surface area contributed by atoms with Gasteiger partial charge in [0.15, 0.2) is 0 Å². The van der Waals surface area contributed by atoms with E-state index in [0.717, 1.165) is 23.7 Å². The number of benzene rings is 1. The highest BCUT2D eigenvalue weighted by atomic mass is 32.2. The van der Waals surface area contributed by atoms with Crippen LogP contribution in [0.15, 0.2) is 41.6 Å². The molecule has 2 aromatic rings. The van der Waals surface area contributed by atoms with Crippen molar-refractivity contribution in [1.29, 1.82) is 0 Å². The summed E-state index contributed by atoms with van der Waals surface area (Å²) in [5, 5.41) is 5.00. The van der Waals surface area contributed by atoms with Gasteiger partial charge in [-0.3, -0.25) is 4.98 Å². The number of aromatic nitrogens is 1. The third kappa shape index (κ3) is 2.06. The number of hydrogen-bond acceptors (Lipinski definition) is 4. The fraction of sp³-hybridized carbons (Fsp3) is 0.400. The molecule has 0 aliphatic carbocycles. The number of fused-ring (bicyclic) bond motifs is 2. The second-order valence-corrected chi connectivity index (χ2v) is 7.69. The summed E-state index contributed by atoms with van der Waals surface area (Å²) in [5.41, 5.74) is 0. The Morgan fingerprint density at radius 2 is 2.14 bits per heavy atom. The first kappa shape index (κ1) is 13.2. The largest absolute Gasteiger partial charge is 0.312 e. The molecule has 1 unspecified atom stereocenters. The molecule has 1 N–H and O–H groups in total. The molecular formula is C15H17N3O2S. The van der Waals surface area contributed by atoms with Crippen molar-refractivity contribution >= 4 is 20.8 Å². The molecule has 5 nitrogen and oxygen atoms in total. The van der Waals surface area contributed by atoms with E-state index >= 15 is 0 Å². The Kier molecular flexibility index (Phi) is 2.99. The zero-order valence-corrected chi connectivity index (χ0v) is 12.4. The fourth-order valence-corrected chi connectivity index (χ4v) is 5.20. The molecule has 1 aromatic heterocycles. The first-order chi connectivity index (χ1) is 10.2. The normalized spacial score (nSPS) is 26.3. The third-order valence-electron chi connectivity index (χ3n) is 4.59. The van der Waals surface area contributed by atoms with Crippen LogP contribution in [0.3, 0.4) is 0 Å². The van der Waals surface area contributed by atoms with Crippen molar-refractivity contribution in [3.05, 3.63) is 36.7 Å². The molecule has 0 amide bonds. The van der Waals surface area contributed by atoms with Crippen molar-refractivity contribution in [1.82, 2.24) is 14.6 Å². The van der Waals surface area contributed by atoms with Crippen LogP contribution in [0.4, 0.5) is 0 Å². The Morgan fingerprint density at radius 1 is 1.24 bits per heavy atom. The predicted octanol–water partition coefficient (Wildman–Crippen LogP) is 1.22. The minimum atomic E-state index is -3.44. The Labute approximate surface area is 124 Å². The zero-order valence-electron chi connectivity index (χ0n) is 11.6. The van der Waals surface area contributed by atoms with E-state index in [-0.39, 0.29) is 0 Å². The van der Waals surface area contributed by atoms with Crippen molar-refractivity contribution < 1.29 is 8.42 Å². The topological polar surface area (TPSA) is 62.3 Å². The van der Waals surface area contributed by atoms with Crippen molar-refractivity contribution in [3.63, 3.8) is 0 Å². The van der Waals surface area contributed by atoms with E-state index in [1.807, 2.05) is 6.07 Å². The van der Waals surface area contributed by atoms with Crippen molar-refractivity contribution in [3.8, 4) is 0 Å². The van der Waals surface area contributed by atoms with E-state index < -0.39 is 10.0 Å². The Hall–Kier alpha value is -1.50. The lowest BCUT2D eigenvalue weighted by Crippen LogP contribution is -2.34. The number of nitrogens with one attached hydrogen (secondary N) is 1. The van der Waals surface area contributed by atoms with Crippen LogP contribution in [0.5, 0.6) is 0 Å². The van der Waals surface area contributed by atoms with Crippen molar-refractivity contribution in [2.24, 2.45) is 5.92 Å². The number of nitrogens with zero attached hydrogens (tertiary/aromatic N) is 2. The molecule has 110 valence electrons. The van der Waals surface area contributed by atoms with Gasteiger partial charge in [0.25, 0.3) is 0 Å². The predicted molar refractivity (Wildman–Crippen MR) is 80.4 cm³/mol. The number of hydrogen-bond donors (Lipinski definition) is 1. The van der Waals surface area contributed by atoms with Crippen LogP contribution in [-0.4, -0.2) is 43.4 Å². The minimum absolute atomic E-state index is 0.316. The van der Waals surface area contributed by atoms with E-state index in [2.05, 4.69) is 10.3 Å². The number of sulfonamides is 1. The highest BCUT2D eigenvalue weighted by Crippen LogP contribution is 2.31. The van der Waals surface area contributed by atoms with Gasteiger partial charge in [0.1, 0.15) is 0 Å². The van der Waals surface area contributed by atoms with Crippen LogP contribution in [0.2, 0.25) is 0 Å². The number of pyridine rings is 1. The quantitative estimate of drug-likeness (QED) is 0.906. The molecule has 2 aliphatic rings. The monoisotopic (exact) mass is 303 g/mol. The molecule has 2 fully saturated rings. The van der Waals surface area contributed by atoms with Crippen LogP contribution in [0.25, 0.3) is 10.8 Å². The molecule has 0 spiro atoms. The lowest BCUT2D eigenvalue weighted by Gasteiger charge is -2.18. The van der Waals surface area contributed by atoms with E-state index in [4.69, 9.17) is 0 Å². The van der Waals surface area contributed by atoms with Gasteiger partial charge in [0.2, 0.25) is 10.0 Å². The average Bonchev–Trinajstić information content (AvgIpc) is 3.08. The number of rotatable bonds is 2. The molecule has 2 atom stereocenters. The lowest BCUT2D eigenvalue weighted by atomic mass is 10.1. The summed E-state index contributed by atoms with van der Waals surface area (Å²) < 4.78 is 27.5. The zero-order chi connectivity index (χ0) is 14.4. The summed E-state index contributed by atoms with van der Waals surface area (Å²) in [6, 6.07) is 7.46. The molecule has 0 bridgehead atoms. The second kappa shape index (κ2) is 4.76. The summed E-state index contributed by atoms with van der Waals surface area (Å²) in [6.45, 7) is 2.21. The van der Waals surface area contributed by atoms with Crippen molar-refractivity contribution in [2.75, 3.05) is 19.6 Å². The van der Waals surface area contributed by atoms with Gasteiger partial charge in [-0.2, -0.15) is 4.31 Å². The Bertz CT molecular complexity index is 773. The standard InChI is InChI=1S/C15H17N3O2S/c19-21(20,18-9-12-4-7-17-14(12)10-18)15-3-1-2-11-8-16-6-5-13(11)15/h1-3,5-6,8,12,14,17H,4,7,9-10H2/t12?,14-/m1/s1. The molecule has 4 rings (SSSR count). The Morgan fingerprint density at radius 3 is 3.00 bits per heavy atom. The molecule has 3 heterocycles. The van der Waals surface area contributed by atoms with Crippen molar-refractivity contribution in [2.45, 2.75) is 17.4 Å². The maximum atomic E-state index is 13.0. The van der Waals surface area contributed by atoms with Gasteiger partial charge in [0.05, 0.1) is 4.90 Å². The first-order valence-corrected chi connectivity index (χ1v) is 8.66. The first-order valence-electron chi connectivity index (χ1n) is 7.22. The smallest absolute Gasteiger partial charge is 0.243 e. The fourth-order valence-electron chi connectivity index (χ4n) is 3.46. The van der Waals surface area contributed by atoms with Crippen LogP contribution >= 0.6 is 0 Å². The molecule has 0 radical (unpaired) electrons. The minimum Gasteiger partial charge on any atom is -0.312 e. The van der Waals surface area contributed by atoms with Crippen LogP contribution in [0.1, 0.15) is 6.42 Å². The average molecular weight is 303 g/mol. The van der Waals surface area contributed by atoms with E-state index in [1.165, 1.54) is 0 Å². The van der Waals surface area contributed by atoms with E-state index in [1.54, 1.807) is 34.9 Å². The van der Waals surface area contributed by atoms with Gasteiger partial charge in [-0.25, -0.2) is 8.42 Å². The van der Waals surface area contributed by atoms with E-state index in [0.29, 0.717) is 29.9 Å². The van der Waals surface area contributed by atoms with E-state index in [9.17, 15) is 8.42 Å². The van der Waals surface area contributed by atoms with Crippen LogP contribution < -0.4 is 5.32 Å². The van der Waals surface area contributed by atoms with Gasteiger partial charge in [-0.1, -0.05) is 12.1 Å². The summed E-state index contributed by atoms with van der Waals surface area (Å²) in [4.78, 5) is 4.45. The van der Waals surface area contributed by atoms with Gasteiger partial charge < -0.3 is 5.32 Å².